The molecule has 0 spiro atoms. The van der Waals surface area contributed by atoms with Gasteiger partial charge in [-0.1, -0.05) is 72.7 Å². The minimum Gasteiger partial charge on any atom is -0.200 e. The van der Waals surface area contributed by atoms with E-state index in [1.165, 1.54) is 50.2 Å². The summed E-state index contributed by atoms with van der Waals surface area (Å²) < 4.78 is 20.5. The zero-order valence-electron chi connectivity index (χ0n) is 24.1. The average molecular weight is 441 g/mol. The lowest BCUT2D eigenvalue weighted by molar-refractivity contribution is -0.661. The molecule has 0 unspecified atom stereocenters. The number of aryl methyl sites for hydroxylation is 1. The second-order valence-electron chi connectivity index (χ2n) is 12.4. The van der Waals surface area contributed by atoms with Crippen molar-refractivity contribution < 1.29 is 7.31 Å². The highest BCUT2D eigenvalue weighted by atomic mass is 14.9. The number of hydrogen-bond donors (Lipinski definition) is 0. The molecule has 0 atom stereocenters. The van der Waals surface area contributed by atoms with Crippen LogP contribution in [-0.4, -0.2) is 0 Å². The molecular weight excluding hydrogens is 398 g/mol. The Morgan fingerprint density at radius 1 is 0.970 bits per heavy atom. The number of benzene rings is 2. The Bertz CT molecular complexity index is 1400. The zero-order chi connectivity index (χ0) is 25.9. The van der Waals surface area contributed by atoms with Gasteiger partial charge in [0.1, 0.15) is 7.05 Å². The second kappa shape index (κ2) is 6.81. The van der Waals surface area contributed by atoms with E-state index in [0.717, 1.165) is 17.5 Å². The molecule has 33 heavy (non-hydrogen) atoms. The summed E-state index contributed by atoms with van der Waals surface area (Å²) in [5.41, 5.74) is 13.4. The maximum Gasteiger partial charge on any atom is 0.216 e. The molecule has 5 rings (SSSR count). The molecule has 1 heteroatoms. The van der Waals surface area contributed by atoms with Crippen LogP contribution in [0, 0.1) is 19.3 Å². The van der Waals surface area contributed by atoms with E-state index in [2.05, 4.69) is 89.7 Å². The maximum absolute atomic E-state index is 9.12. The lowest BCUT2D eigenvalue weighted by atomic mass is 9.54. The predicted molar refractivity (Wildman–Crippen MR) is 140 cm³/mol. The lowest BCUT2D eigenvalue weighted by Crippen LogP contribution is -2.49. The van der Waals surface area contributed by atoms with Crippen LogP contribution in [0.25, 0.3) is 22.4 Å². The third kappa shape index (κ3) is 3.00. The minimum absolute atomic E-state index is 0.127. The van der Waals surface area contributed by atoms with Crippen LogP contribution in [-0.2, 0) is 30.7 Å². The SMILES string of the molecule is [2H]C([2H])(c1c[n+](C)c2c(c1C)C(C)(C)C(C)(C)c1cc3c(c(C)c1-2)Cc1ccccc1-3)C(C)(C)C. The fraction of sp³-hybridized carbons (Fsp3) is 0.469. The first-order valence-corrected chi connectivity index (χ1v) is 12.3. The van der Waals surface area contributed by atoms with Gasteiger partial charge in [0.05, 0.1) is 5.56 Å². The first-order chi connectivity index (χ1) is 16.0. The van der Waals surface area contributed by atoms with E-state index >= 15 is 0 Å². The van der Waals surface area contributed by atoms with Crippen LogP contribution in [0.2, 0.25) is 0 Å². The van der Waals surface area contributed by atoms with Crippen LogP contribution in [0.1, 0.15) is 90.2 Å². The van der Waals surface area contributed by atoms with Gasteiger partial charge in [-0.2, -0.15) is 0 Å². The van der Waals surface area contributed by atoms with Gasteiger partial charge >= 0.3 is 0 Å². The van der Waals surface area contributed by atoms with Crippen molar-refractivity contribution in [2.24, 2.45) is 12.5 Å². The Kier molecular flexibility index (Phi) is 4.13. The van der Waals surface area contributed by atoms with Gasteiger partial charge in [-0.25, -0.2) is 4.57 Å². The van der Waals surface area contributed by atoms with Gasteiger partial charge in [-0.05, 0) is 82.5 Å². The van der Waals surface area contributed by atoms with Crippen molar-refractivity contribution in [3.05, 3.63) is 75.5 Å². The highest BCUT2D eigenvalue weighted by Gasteiger charge is 2.51. The zero-order valence-corrected chi connectivity index (χ0v) is 22.1. The molecular formula is C32H40N+. The van der Waals surface area contributed by atoms with Gasteiger partial charge in [0.2, 0.25) is 5.69 Å². The number of fused-ring (bicyclic) bond motifs is 6. The van der Waals surface area contributed by atoms with Crippen LogP contribution < -0.4 is 4.57 Å². The summed E-state index contributed by atoms with van der Waals surface area (Å²) in [5.74, 6) is 0. The smallest absolute Gasteiger partial charge is 0.200 e. The lowest BCUT2D eigenvalue weighted by Gasteiger charge is -2.48. The minimum atomic E-state index is -1.45. The molecule has 1 aromatic heterocycles. The van der Waals surface area contributed by atoms with E-state index in [4.69, 9.17) is 2.74 Å². The van der Waals surface area contributed by atoms with Gasteiger partial charge in [-0.15, -0.1) is 0 Å². The van der Waals surface area contributed by atoms with Gasteiger partial charge in [-0.3, -0.25) is 0 Å². The summed E-state index contributed by atoms with van der Waals surface area (Å²) in [5, 5.41) is 0. The third-order valence-electron chi connectivity index (χ3n) is 8.68. The molecule has 3 aromatic rings. The molecule has 0 saturated heterocycles. The Hall–Kier alpha value is -2.41. The largest absolute Gasteiger partial charge is 0.216 e. The van der Waals surface area contributed by atoms with Gasteiger partial charge in [0.25, 0.3) is 0 Å². The normalized spacial score (nSPS) is 18.6. The van der Waals surface area contributed by atoms with Crippen molar-refractivity contribution in [2.45, 2.75) is 85.9 Å². The number of nitrogens with zero attached hydrogens (tertiary/aromatic N) is 1. The highest BCUT2D eigenvalue weighted by Crippen LogP contribution is 2.57. The molecule has 0 aliphatic heterocycles. The summed E-state index contributed by atoms with van der Waals surface area (Å²) in [6, 6.07) is 11.3. The van der Waals surface area contributed by atoms with Crippen LogP contribution in [0.4, 0.5) is 0 Å². The molecule has 0 fully saturated rings. The monoisotopic (exact) mass is 440 g/mol. The van der Waals surface area contributed by atoms with Crippen molar-refractivity contribution in [3.63, 3.8) is 0 Å². The van der Waals surface area contributed by atoms with Crippen molar-refractivity contribution in [2.75, 3.05) is 0 Å². The highest BCUT2D eigenvalue weighted by molar-refractivity contribution is 5.87. The van der Waals surface area contributed by atoms with Crippen molar-refractivity contribution in [3.8, 4) is 22.4 Å². The van der Waals surface area contributed by atoms with E-state index < -0.39 is 11.8 Å². The quantitative estimate of drug-likeness (QED) is 0.269. The first-order valence-electron chi connectivity index (χ1n) is 13.3. The Balaban J connectivity index is 1.90. The van der Waals surface area contributed by atoms with E-state index in [-0.39, 0.29) is 10.8 Å². The van der Waals surface area contributed by atoms with Crippen LogP contribution in [0.3, 0.4) is 0 Å². The van der Waals surface area contributed by atoms with Crippen molar-refractivity contribution in [1.29, 1.82) is 0 Å². The molecule has 0 N–H and O–H groups in total. The van der Waals surface area contributed by atoms with E-state index in [1.54, 1.807) is 0 Å². The average Bonchev–Trinajstić information content (AvgIpc) is 3.12. The number of pyridine rings is 1. The van der Waals surface area contributed by atoms with Gasteiger partial charge < -0.3 is 0 Å². The number of hydrogen-bond acceptors (Lipinski definition) is 0. The van der Waals surface area contributed by atoms with Crippen LogP contribution in [0.15, 0.2) is 36.5 Å². The summed E-state index contributed by atoms with van der Waals surface area (Å²) in [6.07, 6.45) is 1.61. The van der Waals surface area contributed by atoms with Gasteiger partial charge in [0, 0.05) is 19.3 Å². The van der Waals surface area contributed by atoms with Crippen LogP contribution in [0.5, 0.6) is 0 Å². The first kappa shape index (κ1) is 20.0. The van der Waals surface area contributed by atoms with Gasteiger partial charge in [0.15, 0.2) is 6.20 Å². The fourth-order valence-corrected chi connectivity index (χ4v) is 6.34. The van der Waals surface area contributed by atoms with E-state index in [9.17, 15) is 0 Å². The standard InChI is InChI=1S/C32H40N/c1-19-22(17-30(3,4)5)18-33(10)29-27-20(2)24-15-21-13-11-12-14-23(21)25(24)16-26(27)31(6,7)32(8,9)28(19)29/h11-14,16,18H,15,17H2,1-10H3/q+1/i17D2. The third-order valence-corrected chi connectivity index (χ3v) is 8.68. The Labute approximate surface area is 203 Å². The summed E-state index contributed by atoms with van der Waals surface area (Å²) in [7, 11) is 2.11. The summed E-state index contributed by atoms with van der Waals surface area (Å²) >= 11 is 0. The molecule has 0 radical (unpaired) electrons. The van der Waals surface area contributed by atoms with E-state index in [0.29, 0.717) is 0 Å². The van der Waals surface area contributed by atoms with Crippen molar-refractivity contribution in [1.82, 2.24) is 0 Å². The maximum atomic E-state index is 9.12. The predicted octanol–water partition coefficient (Wildman–Crippen LogP) is 7.52. The molecule has 0 amide bonds. The number of rotatable bonds is 1. The van der Waals surface area contributed by atoms with Crippen molar-refractivity contribution >= 4 is 0 Å². The molecule has 172 valence electrons. The molecule has 0 bridgehead atoms. The summed E-state index contributed by atoms with van der Waals surface area (Å²) in [6.45, 7) is 19.9. The topological polar surface area (TPSA) is 3.88 Å². The number of aromatic nitrogens is 1. The Morgan fingerprint density at radius 2 is 1.64 bits per heavy atom. The van der Waals surface area contributed by atoms with Crippen LogP contribution >= 0.6 is 0 Å². The van der Waals surface area contributed by atoms with E-state index in [1.807, 2.05) is 20.8 Å². The molecule has 1 nitrogen and oxygen atoms in total. The summed E-state index contributed by atoms with van der Waals surface area (Å²) in [4.78, 5) is 0. The molecule has 2 aliphatic rings. The molecule has 1 heterocycles. The molecule has 2 aromatic carbocycles. The Morgan fingerprint density at radius 3 is 2.30 bits per heavy atom. The fourth-order valence-electron chi connectivity index (χ4n) is 6.34. The second-order valence-corrected chi connectivity index (χ2v) is 12.4. The molecule has 2 aliphatic carbocycles. The molecule has 0 saturated carbocycles.